The van der Waals surface area contributed by atoms with Crippen molar-refractivity contribution in [2.45, 2.75) is 31.9 Å². The van der Waals surface area contributed by atoms with E-state index < -0.39 is 0 Å². The SMILES string of the molecule is CN(Cc1ccc(-n2cncn2)cc1)C[C@@H]1CCCCO1. The Morgan fingerprint density at radius 1 is 1.29 bits per heavy atom. The van der Waals surface area contributed by atoms with E-state index in [2.05, 4.69) is 46.3 Å². The standard InChI is InChI=1S/C16H22N4O/c1-19(11-16-4-2-3-9-21-16)10-14-5-7-15(8-6-14)20-13-17-12-18-20/h5-8,12-13,16H,2-4,9-11H2,1H3/t16-/m0/s1. The fourth-order valence-electron chi connectivity index (χ4n) is 2.77. The van der Waals surface area contributed by atoms with Crippen LogP contribution in [-0.4, -0.2) is 46.0 Å². The van der Waals surface area contributed by atoms with Crippen molar-refractivity contribution in [3.05, 3.63) is 42.5 Å². The molecular weight excluding hydrogens is 264 g/mol. The van der Waals surface area contributed by atoms with Crippen LogP contribution in [0.1, 0.15) is 24.8 Å². The normalized spacial score (nSPS) is 19.0. The van der Waals surface area contributed by atoms with Crippen LogP contribution in [0.2, 0.25) is 0 Å². The van der Waals surface area contributed by atoms with E-state index in [0.29, 0.717) is 6.10 Å². The summed E-state index contributed by atoms with van der Waals surface area (Å²) in [5, 5.41) is 4.13. The molecule has 3 rings (SSSR count). The van der Waals surface area contributed by atoms with Crippen molar-refractivity contribution in [2.24, 2.45) is 0 Å². The molecule has 1 aromatic carbocycles. The molecule has 1 saturated heterocycles. The second kappa shape index (κ2) is 6.83. The van der Waals surface area contributed by atoms with Gasteiger partial charge in [-0.15, -0.1) is 0 Å². The maximum absolute atomic E-state index is 5.79. The van der Waals surface area contributed by atoms with Crippen LogP contribution in [-0.2, 0) is 11.3 Å². The molecule has 5 nitrogen and oxygen atoms in total. The van der Waals surface area contributed by atoms with Crippen LogP contribution in [0.5, 0.6) is 0 Å². The summed E-state index contributed by atoms with van der Waals surface area (Å²) in [7, 11) is 2.16. The van der Waals surface area contributed by atoms with Crippen LogP contribution < -0.4 is 0 Å². The van der Waals surface area contributed by atoms with Gasteiger partial charge < -0.3 is 4.74 Å². The molecule has 0 bridgehead atoms. The van der Waals surface area contributed by atoms with Crippen molar-refractivity contribution in [2.75, 3.05) is 20.2 Å². The molecule has 2 aromatic rings. The van der Waals surface area contributed by atoms with E-state index >= 15 is 0 Å². The first-order chi connectivity index (χ1) is 10.3. The van der Waals surface area contributed by atoms with Crippen LogP contribution in [0.3, 0.4) is 0 Å². The number of ether oxygens (including phenoxy) is 1. The van der Waals surface area contributed by atoms with Crippen molar-refractivity contribution >= 4 is 0 Å². The first-order valence-corrected chi connectivity index (χ1v) is 7.55. The maximum atomic E-state index is 5.79. The number of nitrogens with zero attached hydrogens (tertiary/aromatic N) is 4. The van der Waals surface area contributed by atoms with E-state index in [-0.39, 0.29) is 0 Å². The second-order valence-corrected chi connectivity index (χ2v) is 5.69. The Kier molecular flexibility index (Phi) is 4.62. The third-order valence-corrected chi connectivity index (χ3v) is 3.86. The molecule has 1 aliphatic rings. The zero-order chi connectivity index (χ0) is 14.5. The van der Waals surface area contributed by atoms with Gasteiger partial charge in [0.05, 0.1) is 11.8 Å². The zero-order valence-corrected chi connectivity index (χ0v) is 12.5. The molecular formula is C16H22N4O. The molecule has 2 heterocycles. The lowest BCUT2D eigenvalue weighted by Crippen LogP contribution is -2.33. The lowest BCUT2D eigenvalue weighted by atomic mass is 10.1. The highest BCUT2D eigenvalue weighted by Crippen LogP contribution is 2.15. The summed E-state index contributed by atoms with van der Waals surface area (Å²) in [5.74, 6) is 0. The second-order valence-electron chi connectivity index (χ2n) is 5.69. The summed E-state index contributed by atoms with van der Waals surface area (Å²) in [4.78, 5) is 6.30. The fourth-order valence-corrected chi connectivity index (χ4v) is 2.77. The van der Waals surface area contributed by atoms with Gasteiger partial charge in [0.2, 0.25) is 0 Å². The van der Waals surface area contributed by atoms with Crippen LogP contribution in [0.4, 0.5) is 0 Å². The van der Waals surface area contributed by atoms with Crippen molar-refractivity contribution in [3.8, 4) is 5.69 Å². The molecule has 0 radical (unpaired) electrons. The molecule has 1 atom stereocenters. The van der Waals surface area contributed by atoms with Crippen LogP contribution in [0.15, 0.2) is 36.9 Å². The monoisotopic (exact) mass is 286 g/mol. The Bertz CT molecular complexity index is 532. The highest BCUT2D eigenvalue weighted by molar-refractivity contribution is 5.33. The van der Waals surface area contributed by atoms with Crippen molar-refractivity contribution in [1.82, 2.24) is 19.7 Å². The first kappa shape index (κ1) is 14.2. The van der Waals surface area contributed by atoms with Crippen molar-refractivity contribution < 1.29 is 4.74 Å². The number of aromatic nitrogens is 3. The lowest BCUT2D eigenvalue weighted by Gasteiger charge is -2.27. The molecule has 0 amide bonds. The van der Waals surface area contributed by atoms with Crippen LogP contribution >= 0.6 is 0 Å². The maximum Gasteiger partial charge on any atom is 0.138 e. The van der Waals surface area contributed by atoms with E-state index in [1.54, 1.807) is 17.3 Å². The number of likely N-dealkylation sites (N-methyl/N-ethyl adjacent to an activating group) is 1. The average Bonchev–Trinajstić information content (AvgIpc) is 3.03. The Hall–Kier alpha value is -1.72. The minimum absolute atomic E-state index is 0.401. The van der Waals surface area contributed by atoms with E-state index in [1.807, 2.05) is 0 Å². The highest BCUT2D eigenvalue weighted by Gasteiger charge is 2.15. The Labute approximate surface area is 125 Å². The molecule has 1 fully saturated rings. The van der Waals surface area contributed by atoms with Gasteiger partial charge in [0.25, 0.3) is 0 Å². The molecule has 21 heavy (non-hydrogen) atoms. The molecule has 0 saturated carbocycles. The van der Waals surface area contributed by atoms with Gasteiger partial charge in [0.1, 0.15) is 12.7 Å². The van der Waals surface area contributed by atoms with Gasteiger partial charge in [-0.2, -0.15) is 5.10 Å². The number of benzene rings is 1. The molecule has 0 spiro atoms. The van der Waals surface area contributed by atoms with Gasteiger partial charge in [0.15, 0.2) is 0 Å². The summed E-state index contributed by atoms with van der Waals surface area (Å²) < 4.78 is 7.56. The van der Waals surface area contributed by atoms with Crippen LogP contribution in [0, 0.1) is 0 Å². The minimum atomic E-state index is 0.401. The summed E-state index contributed by atoms with van der Waals surface area (Å²) in [6.45, 7) is 2.87. The molecule has 0 aliphatic carbocycles. The molecule has 0 N–H and O–H groups in total. The summed E-state index contributed by atoms with van der Waals surface area (Å²) in [6, 6.07) is 8.45. The molecule has 1 aromatic heterocycles. The van der Waals surface area contributed by atoms with Gasteiger partial charge in [-0.25, -0.2) is 9.67 Å². The molecule has 1 aliphatic heterocycles. The number of rotatable bonds is 5. The summed E-state index contributed by atoms with van der Waals surface area (Å²) >= 11 is 0. The fraction of sp³-hybridized carbons (Fsp3) is 0.500. The van der Waals surface area contributed by atoms with Crippen molar-refractivity contribution in [1.29, 1.82) is 0 Å². The highest BCUT2D eigenvalue weighted by atomic mass is 16.5. The molecule has 0 unspecified atom stereocenters. The Balaban J connectivity index is 1.54. The smallest absolute Gasteiger partial charge is 0.138 e. The van der Waals surface area contributed by atoms with Crippen molar-refractivity contribution in [3.63, 3.8) is 0 Å². The van der Waals surface area contributed by atoms with Gasteiger partial charge in [-0.05, 0) is 44.0 Å². The van der Waals surface area contributed by atoms with E-state index in [0.717, 1.165) is 25.4 Å². The van der Waals surface area contributed by atoms with E-state index in [1.165, 1.54) is 24.8 Å². The summed E-state index contributed by atoms with van der Waals surface area (Å²) in [6.07, 6.45) is 7.36. The number of hydrogen-bond donors (Lipinski definition) is 0. The average molecular weight is 286 g/mol. The van der Waals surface area contributed by atoms with Gasteiger partial charge in [-0.1, -0.05) is 12.1 Å². The van der Waals surface area contributed by atoms with Gasteiger partial charge >= 0.3 is 0 Å². The zero-order valence-electron chi connectivity index (χ0n) is 12.5. The summed E-state index contributed by atoms with van der Waals surface area (Å²) in [5.41, 5.74) is 2.34. The van der Waals surface area contributed by atoms with Gasteiger partial charge in [0, 0.05) is 19.7 Å². The minimum Gasteiger partial charge on any atom is -0.377 e. The third kappa shape index (κ3) is 3.89. The number of hydrogen-bond acceptors (Lipinski definition) is 4. The van der Waals surface area contributed by atoms with E-state index in [4.69, 9.17) is 4.74 Å². The van der Waals surface area contributed by atoms with Crippen LogP contribution in [0.25, 0.3) is 5.69 Å². The topological polar surface area (TPSA) is 43.2 Å². The largest absolute Gasteiger partial charge is 0.377 e. The predicted octanol–water partition coefficient (Wildman–Crippen LogP) is 2.27. The molecule has 112 valence electrons. The Morgan fingerprint density at radius 3 is 2.81 bits per heavy atom. The Morgan fingerprint density at radius 2 is 2.14 bits per heavy atom. The van der Waals surface area contributed by atoms with E-state index in [9.17, 15) is 0 Å². The third-order valence-electron chi connectivity index (χ3n) is 3.86. The molecule has 5 heteroatoms. The lowest BCUT2D eigenvalue weighted by molar-refractivity contribution is -0.00259. The quantitative estimate of drug-likeness (QED) is 0.845. The predicted molar refractivity (Wildman–Crippen MR) is 81.3 cm³/mol. The first-order valence-electron chi connectivity index (χ1n) is 7.55. The van der Waals surface area contributed by atoms with Gasteiger partial charge in [-0.3, -0.25) is 4.90 Å².